The molecule has 0 aliphatic rings. The smallest absolute Gasteiger partial charge is 0.329 e. The van der Waals surface area contributed by atoms with Crippen LogP contribution in [0.25, 0.3) is 10.9 Å². The van der Waals surface area contributed by atoms with Gasteiger partial charge in [-0.1, -0.05) is 30.3 Å². The van der Waals surface area contributed by atoms with E-state index in [1.807, 2.05) is 67.1 Å². The van der Waals surface area contributed by atoms with Crippen LogP contribution in [0.3, 0.4) is 0 Å². The average molecular weight is 398 g/mol. The molecule has 1 aromatic heterocycles. The summed E-state index contributed by atoms with van der Waals surface area (Å²) in [5.41, 5.74) is 2.35. The summed E-state index contributed by atoms with van der Waals surface area (Å²) >= 11 is 0. The minimum absolute atomic E-state index is 0.184. The van der Waals surface area contributed by atoms with Gasteiger partial charge in [0.25, 0.3) is 0 Å². The molecule has 2 aromatic carbocycles. The van der Waals surface area contributed by atoms with Gasteiger partial charge in [-0.15, -0.1) is 0 Å². The molecule has 0 saturated carbocycles. The Bertz CT molecular complexity index is 963. The van der Waals surface area contributed by atoms with Crippen molar-refractivity contribution in [2.75, 3.05) is 20.3 Å². The van der Waals surface area contributed by atoms with Crippen LogP contribution in [0.2, 0.25) is 0 Å². The quantitative estimate of drug-likeness (QED) is 0.563. The number of methoxy groups -OCH3 is 1. The molecule has 0 saturated heterocycles. The summed E-state index contributed by atoms with van der Waals surface area (Å²) in [4.78, 5) is 10.6. The van der Waals surface area contributed by atoms with E-state index in [1.165, 1.54) is 0 Å². The zero-order valence-corrected chi connectivity index (χ0v) is 16.9. The molecule has 0 unspecified atom stereocenters. The fraction of sp³-hybridized carbons (Fsp3) is 0.364. The molecule has 0 fully saturated rings. The van der Waals surface area contributed by atoms with Crippen molar-refractivity contribution in [2.45, 2.75) is 32.6 Å². The molecule has 3 rings (SSSR count). The van der Waals surface area contributed by atoms with E-state index in [-0.39, 0.29) is 13.2 Å². The van der Waals surface area contributed by atoms with Crippen molar-refractivity contribution in [3.8, 4) is 5.75 Å². The van der Waals surface area contributed by atoms with Gasteiger partial charge < -0.3 is 19.3 Å². The molecule has 154 valence electrons. The number of carboxylic acid groups (broad SMARTS) is 1. The van der Waals surface area contributed by atoms with Gasteiger partial charge in [-0.2, -0.15) is 5.10 Å². The first kappa shape index (κ1) is 20.8. The number of carboxylic acids is 1. The van der Waals surface area contributed by atoms with Crippen molar-refractivity contribution in [3.05, 3.63) is 59.8 Å². The van der Waals surface area contributed by atoms with Crippen molar-refractivity contribution in [3.63, 3.8) is 0 Å². The van der Waals surface area contributed by atoms with Crippen molar-refractivity contribution in [1.29, 1.82) is 0 Å². The van der Waals surface area contributed by atoms with Crippen molar-refractivity contribution < 1.29 is 24.1 Å². The summed E-state index contributed by atoms with van der Waals surface area (Å²) in [7, 11) is 1.65. The van der Waals surface area contributed by atoms with Crippen LogP contribution in [0.4, 0.5) is 0 Å². The summed E-state index contributed by atoms with van der Waals surface area (Å²) < 4.78 is 18.3. The maximum absolute atomic E-state index is 10.6. The molecule has 3 aromatic rings. The third kappa shape index (κ3) is 5.56. The molecule has 1 N–H and O–H groups in total. The molecule has 0 amide bonds. The highest BCUT2D eigenvalue weighted by molar-refractivity contribution is 5.81. The van der Waals surface area contributed by atoms with Gasteiger partial charge in [-0.05, 0) is 37.6 Å². The van der Waals surface area contributed by atoms with E-state index in [9.17, 15) is 4.79 Å². The fourth-order valence-corrected chi connectivity index (χ4v) is 3.02. The molecule has 0 spiro atoms. The van der Waals surface area contributed by atoms with Crippen LogP contribution in [0.15, 0.2) is 48.5 Å². The molecule has 29 heavy (non-hydrogen) atoms. The second-order valence-corrected chi connectivity index (χ2v) is 7.40. The van der Waals surface area contributed by atoms with Gasteiger partial charge in [0.05, 0.1) is 43.7 Å². The zero-order valence-electron chi connectivity index (χ0n) is 16.9. The van der Waals surface area contributed by atoms with E-state index in [0.29, 0.717) is 13.2 Å². The summed E-state index contributed by atoms with van der Waals surface area (Å²) in [5, 5.41) is 14.5. The molecule has 1 heterocycles. The number of carbonyl (C=O) groups is 1. The second-order valence-electron chi connectivity index (χ2n) is 7.40. The zero-order chi connectivity index (χ0) is 20.9. The Morgan fingerprint density at radius 1 is 1.14 bits per heavy atom. The summed E-state index contributed by atoms with van der Waals surface area (Å²) in [5.74, 6) is -0.176. The maximum Gasteiger partial charge on any atom is 0.329 e. The lowest BCUT2D eigenvalue weighted by atomic mass is 10.1. The molecular formula is C22H26N2O5. The first-order valence-corrected chi connectivity index (χ1v) is 9.39. The molecular weight excluding hydrogens is 372 g/mol. The van der Waals surface area contributed by atoms with Crippen LogP contribution in [0.1, 0.15) is 25.1 Å². The van der Waals surface area contributed by atoms with Gasteiger partial charge in [-0.25, -0.2) is 4.79 Å². The number of benzene rings is 2. The largest absolute Gasteiger partial charge is 0.497 e. The number of nitrogens with zero attached hydrogens (tertiary/aromatic N) is 2. The van der Waals surface area contributed by atoms with E-state index < -0.39 is 11.6 Å². The van der Waals surface area contributed by atoms with E-state index >= 15 is 0 Å². The maximum atomic E-state index is 10.6. The Labute approximate surface area is 169 Å². The lowest BCUT2D eigenvalue weighted by Gasteiger charge is -2.24. The topological polar surface area (TPSA) is 82.8 Å². The highest BCUT2D eigenvalue weighted by atomic mass is 16.5. The molecule has 0 bridgehead atoms. The van der Waals surface area contributed by atoms with E-state index in [0.717, 1.165) is 27.9 Å². The molecule has 0 aliphatic heterocycles. The number of fused-ring (bicyclic) bond motifs is 1. The van der Waals surface area contributed by atoms with Gasteiger partial charge in [0.15, 0.2) is 0 Å². The highest BCUT2D eigenvalue weighted by Crippen LogP contribution is 2.23. The molecule has 0 atom stereocenters. The Morgan fingerprint density at radius 3 is 2.55 bits per heavy atom. The molecule has 7 nitrogen and oxygen atoms in total. The molecule has 0 radical (unpaired) electrons. The fourth-order valence-electron chi connectivity index (χ4n) is 3.02. The van der Waals surface area contributed by atoms with Crippen LogP contribution in [0, 0.1) is 0 Å². The third-order valence-electron chi connectivity index (χ3n) is 4.50. The number of hydrogen-bond donors (Lipinski definition) is 1. The Kier molecular flexibility index (Phi) is 6.51. The van der Waals surface area contributed by atoms with Gasteiger partial charge >= 0.3 is 5.97 Å². The third-order valence-corrected chi connectivity index (χ3v) is 4.50. The Morgan fingerprint density at radius 2 is 1.86 bits per heavy atom. The summed E-state index contributed by atoms with van der Waals surface area (Å²) in [6.07, 6.45) is 0. The monoisotopic (exact) mass is 398 g/mol. The van der Waals surface area contributed by atoms with Gasteiger partial charge in [0.2, 0.25) is 0 Å². The van der Waals surface area contributed by atoms with Crippen molar-refractivity contribution >= 4 is 16.9 Å². The minimum atomic E-state index is -0.996. The number of rotatable bonds is 10. The van der Waals surface area contributed by atoms with Crippen LogP contribution in [-0.4, -0.2) is 46.8 Å². The second kappa shape index (κ2) is 9.07. The van der Waals surface area contributed by atoms with E-state index in [1.54, 1.807) is 7.11 Å². The van der Waals surface area contributed by atoms with Crippen LogP contribution < -0.4 is 4.74 Å². The number of para-hydroxylation sites is 1. The van der Waals surface area contributed by atoms with E-state index in [4.69, 9.17) is 24.4 Å². The predicted octanol–water partition coefficient (Wildman–Crippen LogP) is 3.49. The Hall–Kier alpha value is -2.90. The van der Waals surface area contributed by atoms with E-state index in [2.05, 4.69) is 0 Å². The number of aliphatic carboxylic acids is 1. The van der Waals surface area contributed by atoms with Gasteiger partial charge in [-0.3, -0.25) is 4.68 Å². The van der Waals surface area contributed by atoms with Crippen LogP contribution >= 0.6 is 0 Å². The van der Waals surface area contributed by atoms with Crippen molar-refractivity contribution in [2.24, 2.45) is 0 Å². The number of hydrogen-bond acceptors (Lipinski definition) is 5. The van der Waals surface area contributed by atoms with Gasteiger partial charge in [0.1, 0.15) is 12.4 Å². The van der Waals surface area contributed by atoms with Crippen LogP contribution in [-0.2, 0) is 27.4 Å². The average Bonchev–Trinajstić information content (AvgIpc) is 3.04. The van der Waals surface area contributed by atoms with Crippen molar-refractivity contribution in [1.82, 2.24) is 9.78 Å². The van der Waals surface area contributed by atoms with Crippen LogP contribution in [0.5, 0.6) is 5.75 Å². The standard InChI is InChI=1S/C22H26N2O5/c1-22(2,15-28-14-21(25)26)29-13-19-18-6-4-5-7-20(18)24(23-19)12-16-8-10-17(27-3)11-9-16/h4-11H,12-15H2,1-3H3,(H,25,26). The van der Waals surface area contributed by atoms with Gasteiger partial charge in [0, 0.05) is 5.39 Å². The molecule has 7 heteroatoms. The highest BCUT2D eigenvalue weighted by Gasteiger charge is 2.21. The number of aromatic nitrogens is 2. The lowest BCUT2D eigenvalue weighted by Crippen LogP contribution is -2.31. The predicted molar refractivity (Wildman–Crippen MR) is 109 cm³/mol. The lowest BCUT2D eigenvalue weighted by molar-refractivity contribution is -0.146. The first-order valence-electron chi connectivity index (χ1n) is 9.39. The number of ether oxygens (including phenoxy) is 3. The Balaban J connectivity index is 1.74. The summed E-state index contributed by atoms with van der Waals surface area (Å²) in [6, 6.07) is 15.9. The molecule has 0 aliphatic carbocycles. The normalized spacial score (nSPS) is 11.7. The SMILES string of the molecule is COc1ccc(Cn2nc(COC(C)(C)COCC(=O)O)c3ccccc32)cc1. The summed E-state index contributed by atoms with van der Waals surface area (Å²) in [6.45, 7) is 4.52. The minimum Gasteiger partial charge on any atom is -0.497 e. The first-order chi connectivity index (χ1) is 13.9.